The van der Waals surface area contributed by atoms with Crippen molar-refractivity contribution >= 4 is 7.25 Å². The number of hydrogen-bond donors (Lipinski definition) is 0. The van der Waals surface area contributed by atoms with E-state index in [1.165, 1.54) is 22.4 Å². The molecule has 0 atom stereocenters. The smallest absolute Gasteiger partial charge is 0.418 e. The Hall–Kier alpha value is -2.63. The number of aromatic nitrogens is 1. The van der Waals surface area contributed by atoms with Crippen molar-refractivity contribution in [2.24, 2.45) is 0 Å². The molecule has 2 aromatic carbocycles. The van der Waals surface area contributed by atoms with Gasteiger partial charge in [-0.3, -0.25) is 0 Å². The van der Waals surface area contributed by atoms with Gasteiger partial charge in [0.2, 0.25) is 5.69 Å². The monoisotopic (exact) mass is 361 g/mol. The molecule has 1 aromatic heterocycles. The number of nitrogens with zero attached hydrogens (tertiary/aromatic N) is 1. The van der Waals surface area contributed by atoms with Crippen LogP contribution in [0.5, 0.6) is 0 Å². The lowest BCUT2D eigenvalue weighted by Crippen LogP contribution is -2.35. The van der Waals surface area contributed by atoms with Gasteiger partial charge in [0.15, 0.2) is 6.20 Å². The molecule has 0 aliphatic rings. The lowest BCUT2D eigenvalue weighted by atomic mass is 10.0. The Balaban J connectivity index is 0.000000431. The SMILES string of the molecule is CCC[n+]1ccc(-c2ccccc2)cc1-c1ccccc1.F[B-](F)(F)F. The Morgan fingerprint density at radius 2 is 1.23 bits per heavy atom. The van der Waals surface area contributed by atoms with E-state index in [9.17, 15) is 17.3 Å². The summed E-state index contributed by atoms with van der Waals surface area (Å²) in [6.07, 6.45) is 3.34. The third kappa shape index (κ3) is 6.35. The summed E-state index contributed by atoms with van der Waals surface area (Å²) >= 11 is 0. The van der Waals surface area contributed by atoms with Gasteiger partial charge in [-0.25, -0.2) is 0 Å². The van der Waals surface area contributed by atoms with E-state index in [0.29, 0.717) is 0 Å². The Morgan fingerprint density at radius 3 is 1.73 bits per heavy atom. The minimum absolute atomic E-state index is 1.04. The lowest BCUT2D eigenvalue weighted by Gasteiger charge is -2.07. The molecule has 0 aliphatic carbocycles. The Morgan fingerprint density at radius 1 is 0.731 bits per heavy atom. The molecule has 0 aliphatic heterocycles. The van der Waals surface area contributed by atoms with Gasteiger partial charge in [0.25, 0.3) is 0 Å². The fourth-order valence-electron chi connectivity index (χ4n) is 2.63. The van der Waals surface area contributed by atoms with Crippen molar-refractivity contribution in [2.45, 2.75) is 19.9 Å². The van der Waals surface area contributed by atoms with Crippen LogP contribution in [0.1, 0.15) is 13.3 Å². The number of aryl methyl sites for hydroxylation is 1. The van der Waals surface area contributed by atoms with Crippen LogP contribution in [0.15, 0.2) is 79.0 Å². The van der Waals surface area contributed by atoms with Crippen molar-refractivity contribution in [3.8, 4) is 22.4 Å². The normalized spacial score (nSPS) is 10.8. The van der Waals surface area contributed by atoms with E-state index < -0.39 is 7.25 Å². The van der Waals surface area contributed by atoms with Crippen LogP contribution in [0.3, 0.4) is 0 Å². The molecule has 0 saturated carbocycles. The predicted molar refractivity (Wildman–Crippen MR) is 98.0 cm³/mol. The Kier molecular flexibility index (Phi) is 6.95. The van der Waals surface area contributed by atoms with Crippen molar-refractivity contribution in [2.75, 3.05) is 0 Å². The zero-order chi connectivity index (χ0) is 19.0. The topological polar surface area (TPSA) is 3.88 Å². The van der Waals surface area contributed by atoms with Gasteiger partial charge in [-0.05, 0) is 23.3 Å². The van der Waals surface area contributed by atoms with Gasteiger partial charge in [-0.1, -0.05) is 55.5 Å². The van der Waals surface area contributed by atoms with Crippen molar-refractivity contribution in [3.63, 3.8) is 0 Å². The van der Waals surface area contributed by atoms with Crippen LogP contribution < -0.4 is 4.57 Å². The lowest BCUT2D eigenvalue weighted by molar-refractivity contribution is -0.686. The minimum atomic E-state index is -6.00. The second-order valence-electron chi connectivity index (χ2n) is 5.72. The molecule has 0 saturated heterocycles. The zero-order valence-corrected chi connectivity index (χ0v) is 14.5. The van der Waals surface area contributed by atoms with Crippen LogP contribution in [0.25, 0.3) is 22.4 Å². The summed E-state index contributed by atoms with van der Waals surface area (Å²) in [5.74, 6) is 0. The maximum atomic E-state index is 9.75. The van der Waals surface area contributed by atoms with E-state index in [1.54, 1.807) is 0 Å². The molecule has 0 unspecified atom stereocenters. The molecular formula is C20H20BF4N. The molecule has 0 fully saturated rings. The number of rotatable bonds is 4. The van der Waals surface area contributed by atoms with Crippen LogP contribution in [-0.4, -0.2) is 7.25 Å². The van der Waals surface area contributed by atoms with Gasteiger partial charge in [0.05, 0.1) is 0 Å². The average molecular weight is 361 g/mol. The predicted octanol–water partition coefficient (Wildman–Crippen LogP) is 6.02. The highest BCUT2D eigenvalue weighted by Gasteiger charge is 2.20. The molecule has 0 amide bonds. The third-order valence-electron chi connectivity index (χ3n) is 3.68. The third-order valence-corrected chi connectivity index (χ3v) is 3.68. The second-order valence-corrected chi connectivity index (χ2v) is 5.72. The number of benzene rings is 2. The average Bonchev–Trinajstić information content (AvgIpc) is 2.62. The van der Waals surface area contributed by atoms with Gasteiger partial charge < -0.3 is 17.3 Å². The molecule has 0 bridgehead atoms. The molecule has 3 aromatic rings. The highest BCUT2D eigenvalue weighted by molar-refractivity contribution is 6.50. The molecule has 1 nitrogen and oxygen atoms in total. The molecule has 0 radical (unpaired) electrons. The van der Waals surface area contributed by atoms with Crippen molar-refractivity contribution < 1.29 is 21.8 Å². The van der Waals surface area contributed by atoms with E-state index in [0.717, 1.165) is 13.0 Å². The summed E-state index contributed by atoms with van der Waals surface area (Å²) in [7, 11) is -6.00. The summed E-state index contributed by atoms with van der Waals surface area (Å²) in [6.45, 7) is 3.26. The van der Waals surface area contributed by atoms with E-state index in [1.807, 2.05) is 0 Å². The Labute approximate surface area is 151 Å². The van der Waals surface area contributed by atoms with Crippen molar-refractivity contribution in [3.05, 3.63) is 79.0 Å². The molecule has 0 spiro atoms. The largest absolute Gasteiger partial charge is 0.673 e. The van der Waals surface area contributed by atoms with E-state index in [4.69, 9.17) is 0 Å². The first kappa shape index (κ1) is 19.7. The first-order valence-corrected chi connectivity index (χ1v) is 8.40. The zero-order valence-electron chi connectivity index (χ0n) is 14.5. The summed E-state index contributed by atoms with van der Waals surface area (Å²) in [5.41, 5.74) is 5.07. The van der Waals surface area contributed by atoms with Crippen LogP contribution >= 0.6 is 0 Å². The van der Waals surface area contributed by atoms with Gasteiger partial charge in [-0.15, -0.1) is 0 Å². The number of hydrogen-bond acceptors (Lipinski definition) is 0. The molecule has 26 heavy (non-hydrogen) atoms. The van der Waals surface area contributed by atoms with Crippen LogP contribution in [0.4, 0.5) is 17.3 Å². The van der Waals surface area contributed by atoms with Crippen molar-refractivity contribution in [1.29, 1.82) is 0 Å². The molecular weight excluding hydrogens is 341 g/mol. The highest BCUT2D eigenvalue weighted by atomic mass is 19.5. The fraction of sp³-hybridized carbons (Fsp3) is 0.150. The molecule has 136 valence electrons. The summed E-state index contributed by atoms with van der Waals surface area (Å²) < 4.78 is 41.3. The summed E-state index contributed by atoms with van der Waals surface area (Å²) in [5, 5.41) is 0. The molecule has 6 heteroatoms. The molecule has 1 heterocycles. The van der Waals surface area contributed by atoms with E-state index in [2.05, 4.69) is 90.5 Å². The van der Waals surface area contributed by atoms with Crippen molar-refractivity contribution in [1.82, 2.24) is 0 Å². The summed E-state index contributed by atoms with van der Waals surface area (Å²) in [6, 6.07) is 25.7. The molecule has 0 N–H and O–H groups in total. The van der Waals surface area contributed by atoms with Gasteiger partial charge >= 0.3 is 7.25 Å². The fourth-order valence-corrected chi connectivity index (χ4v) is 2.63. The van der Waals surface area contributed by atoms with E-state index >= 15 is 0 Å². The van der Waals surface area contributed by atoms with E-state index in [-0.39, 0.29) is 0 Å². The maximum Gasteiger partial charge on any atom is 0.673 e. The second kappa shape index (κ2) is 9.18. The van der Waals surface area contributed by atoms with Crippen LogP contribution in [0, 0.1) is 0 Å². The quantitative estimate of drug-likeness (QED) is 0.304. The molecule has 3 rings (SSSR count). The first-order valence-electron chi connectivity index (χ1n) is 8.40. The Bertz CT molecular complexity index is 799. The maximum absolute atomic E-state index is 9.75. The number of halogens is 4. The van der Waals surface area contributed by atoms with Crippen LogP contribution in [-0.2, 0) is 6.54 Å². The standard InChI is InChI=1S/C20H20N.BF4/c1-2-14-21-15-13-19(17-9-5-3-6-10-17)16-20(21)18-11-7-4-8-12-18;2-1(3,4)5/h3-13,15-16H,2,14H2,1H3;/q+1;-1. The highest BCUT2D eigenvalue weighted by Crippen LogP contribution is 2.23. The van der Waals surface area contributed by atoms with Gasteiger partial charge in [-0.2, -0.15) is 4.57 Å². The first-order chi connectivity index (χ1) is 12.4. The number of pyridine rings is 1. The summed E-state index contributed by atoms with van der Waals surface area (Å²) in [4.78, 5) is 0. The minimum Gasteiger partial charge on any atom is -0.418 e. The van der Waals surface area contributed by atoms with Gasteiger partial charge in [0, 0.05) is 24.1 Å². The van der Waals surface area contributed by atoms with Gasteiger partial charge in [0.1, 0.15) is 6.54 Å². The van der Waals surface area contributed by atoms with Crippen LogP contribution in [0.2, 0.25) is 0 Å².